The predicted molar refractivity (Wildman–Crippen MR) is 69.5 cm³/mol. The van der Waals surface area contributed by atoms with Crippen LogP contribution in [-0.4, -0.2) is 24.5 Å². The van der Waals surface area contributed by atoms with Gasteiger partial charge in [-0.1, -0.05) is 0 Å². The Bertz CT molecular complexity index is 663. The van der Waals surface area contributed by atoms with E-state index in [9.17, 15) is 13.2 Å². The smallest absolute Gasteiger partial charge is 0.335 e. The molecule has 0 atom stereocenters. The second-order valence-corrected chi connectivity index (χ2v) is 6.12. The third-order valence-corrected chi connectivity index (χ3v) is 4.39. The summed E-state index contributed by atoms with van der Waals surface area (Å²) >= 11 is 1.38. The van der Waals surface area contributed by atoms with Gasteiger partial charge in [-0.15, -0.1) is 11.3 Å². The molecule has 0 aliphatic carbocycles. The average molecular weight is 298 g/mol. The normalized spacial score (nSPS) is 11.4. The minimum Gasteiger partial charge on any atom is -0.478 e. The lowest BCUT2D eigenvalue weighted by Crippen LogP contribution is -2.23. The molecule has 100 valence electrons. The molecule has 1 aromatic carbocycles. The second-order valence-electron chi connectivity index (χ2n) is 3.63. The van der Waals surface area contributed by atoms with Crippen LogP contribution >= 0.6 is 11.3 Å². The minimum absolute atomic E-state index is 0.0210. The Morgan fingerprint density at radius 2 is 2.00 bits per heavy atom. The molecule has 19 heavy (non-hydrogen) atoms. The third-order valence-electron chi connectivity index (χ3n) is 2.34. The van der Waals surface area contributed by atoms with Gasteiger partial charge in [-0.3, -0.25) is 0 Å². The molecule has 8 heteroatoms. The predicted octanol–water partition coefficient (Wildman–Crippen LogP) is 1.32. The van der Waals surface area contributed by atoms with Gasteiger partial charge in [-0.25, -0.2) is 22.9 Å². The summed E-state index contributed by atoms with van der Waals surface area (Å²) in [5.41, 5.74) is 2.29. The van der Waals surface area contributed by atoms with E-state index >= 15 is 0 Å². The van der Waals surface area contributed by atoms with Crippen LogP contribution < -0.4 is 4.72 Å². The Morgan fingerprint density at radius 1 is 1.32 bits per heavy atom. The summed E-state index contributed by atoms with van der Waals surface area (Å²) in [5.74, 6) is -1.10. The molecule has 0 bridgehead atoms. The Labute approximate surface area is 113 Å². The highest BCUT2D eigenvalue weighted by molar-refractivity contribution is 7.89. The molecule has 6 nitrogen and oxygen atoms in total. The maximum atomic E-state index is 11.9. The van der Waals surface area contributed by atoms with Gasteiger partial charge in [0.2, 0.25) is 10.0 Å². The summed E-state index contributed by atoms with van der Waals surface area (Å²) in [4.78, 5) is 14.7. The van der Waals surface area contributed by atoms with E-state index in [0.29, 0.717) is 5.69 Å². The van der Waals surface area contributed by atoms with E-state index in [1.165, 1.54) is 35.6 Å². The number of hydrogen-bond acceptors (Lipinski definition) is 5. The van der Waals surface area contributed by atoms with Crippen LogP contribution in [0.2, 0.25) is 0 Å². The SMILES string of the molecule is O=C(O)c1ccc(S(=O)(=O)NCc2cscn2)cc1. The maximum Gasteiger partial charge on any atom is 0.335 e. The van der Waals surface area contributed by atoms with Crippen LogP contribution in [0.4, 0.5) is 0 Å². The number of carboxylic acid groups (broad SMARTS) is 1. The van der Waals surface area contributed by atoms with Crippen LogP contribution in [-0.2, 0) is 16.6 Å². The number of carboxylic acids is 1. The monoisotopic (exact) mass is 298 g/mol. The molecule has 2 rings (SSSR count). The molecule has 1 aromatic heterocycles. The Balaban J connectivity index is 2.13. The molecular formula is C11H10N2O4S2. The number of carbonyl (C=O) groups is 1. The quantitative estimate of drug-likeness (QED) is 0.867. The van der Waals surface area contributed by atoms with Crippen LogP contribution in [0.15, 0.2) is 40.1 Å². The van der Waals surface area contributed by atoms with Crippen LogP contribution in [0.25, 0.3) is 0 Å². The number of rotatable bonds is 5. The lowest BCUT2D eigenvalue weighted by Gasteiger charge is -2.05. The summed E-state index contributed by atoms with van der Waals surface area (Å²) in [7, 11) is -3.66. The zero-order valence-electron chi connectivity index (χ0n) is 9.61. The number of benzene rings is 1. The van der Waals surface area contributed by atoms with Gasteiger partial charge in [0.25, 0.3) is 0 Å². The van der Waals surface area contributed by atoms with Crippen molar-refractivity contribution in [2.75, 3.05) is 0 Å². The summed E-state index contributed by atoms with van der Waals surface area (Å²) in [5, 5.41) is 10.5. The third kappa shape index (κ3) is 3.37. The van der Waals surface area contributed by atoms with Gasteiger partial charge in [-0.2, -0.15) is 0 Å². The first-order valence-corrected chi connectivity index (χ1v) is 7.62. The highest BCUT2D eigenvalue weighted by Gasteiger charge is 2.14. The molecule has 0 radical (unpaired) electrons. The largest absolute Gasteiger partial charge is 0.478 e. The average Bonchev–Trinajstić information content (AvgIpc) is 2.90. The lowest BCUT2D eigenvalue weighted by molar-refractivity contribution is 0.0696. The molecule has 0 unspecified atom stereocenters. The number of nitrogens with one attached hydrogen (secondary N) is 1. The van der Waals surface area contributed by atoms with Crippen LogP contribution in [0.1, 0.15) is 16.1 Å². The van der Waals surface area contributed by atoms with Gasteiger partial charge < -0.3 is 5.11 Å². The fourth-order valence-corrected chi connectivity index (χ4v) is 2.91. The second kappa shape index (κ2) is 5.47. The van der Waals surface area contributed by atoms with E-state index in [1.807, 2.05) is 0 Å². The molecule has 0 saturated heterocycles. The molecule has 0 aliphatic rings. The summed E-state index contributed by atoms with van der Waals surface area (Å²) < 4.78 is 26.2. The molecule has 2 N–H and O–H groups in total. The van der Waals surface area contributed by atoms with Gasteiger partial charge in [0.15, 0.2) is 0 Å². The maximum absolute atomic E-state index is 11.9. The van der Waals surface area contributed by atoms with Gasteiger partial charge in [0, 0.05) is 5.38 Å². The van der Waals surface area contributed by atoms with Crippen LogP contribution in [0.5, 0.6) is 0 Å². The summed E-state index contributed by atoms with van der Waals surface area (Å²) in [6.45, 7) is 0.104. The first-order valence-electron chi connectivity index (χ1n) is 5.19. The molecule has 0 amide bonds. The van der Waals surface area contributed by atoms with Crippen molar-refractivity contribution < 1.29 is 18.3 Å². The van der Waals surface area contributed by atoms with Crippen molar-refractivity contribution in [3.63, 3.8) is 0 Å². The first-order chi connectivity index (χ1) is 8.99. The van der Waals surface area contributed by atoms with E-state index in [1.54, 1.807) is 10.9 Å². The molecular weight excluding hydrogens is 288 g/mol. The lowest BCUT2D eigenvalue weighted by atomic mass is 10.2. The van der Waals surface area contributed by atoms with E-state index in [4.69, 9.17) is 5.11 Å². The summed E-state index contributed by atoms with van der Waals surface area (Å²) in [6, 6.07) is 5.01. The number of nitrogens with zero attached hydrogens (tertiary/aromatic N) is 1. The van der Waals surface area contributed by atoms with Crippen molar-refractivity contribution in [2.45, 2.75) is 11.4 Å². The molecule has 0 fully saturated rings. The van der Waals surface area contributed by atoms with E-state index in [0.717, 1.165) is 0 Å². The van der Waals surface area contributed by atoms with Gasteiger partial charge in [0.05, 0.1) is 28.2 Å². The van der Waals surface area contributed by atoms with Crippen molar-refractivity contribution in [1.29, 1.82) is 0 Å². The number of aromatic carboxylic acids is 1. The van der Waals surface area contributed by atoms with E-state index < -0.39 is 16.0 Å². The zero-order valence-corrected chi connectivity index (χ0v) is 11.2. The van der Waals surface area contributed by atoms with Crippen LogP contribution in [0, 0.1) is 0 Å². The van der Waals surface area contributed by atoms with Gasteiger partial charge in [0.1, 0.15) is 0 Å². The number of sulfonamides is 1. The molecule has 1 heterocycles. The fraction of sp³-hybridized carbons (Fsp3) is 0.0909. The molecule has 2 aromatic rings. The van der Waals surface area contributed by atoms with Crippen LogP contribution in [0.3, 0.4) is 0 Å². The highest BCUT2D eigenvalue weighted by Crippen LogP contribution is 2.11. The van der Waals surface area contributed by atoms with Crippen molar-refractivity contribution in [2.24, 2.45) is 0 Å². The highest BCUT2D eigenvalue weighted by atomic mass is 32.2. The van der Waals surface area contributed by atoms with Gasteiger partial charge >= 0.3 is 5.97 Å². The number of hydrogen-bond donors (Lipinski definition) is 2. The number of thiazole rings is 1. The van der Waals surface area contributed by atoms with Crippen molar-refractivity contribution in [1.82, 2.24) is 9.71 Å². The molecule has 0 saturated carbocycles. The standard InChI is InChI=1S/C11H10N2O4S2/c14-11(15)8-1-3-10(4-2-8)19(16,17)13-5-9-6-18-7-12-9/h1-4,6-7,13H,5H2,(H,14,15). The zero-order chi connectivity index (χ0) is 13.9. The Morgan fingerprint density at radius 3 is 2.53 bits per heavy atom. The van der Waals surface area contributed by atoms with E-state index in [-0.39, 0.29) is 17.0 Å². The molecule has 0 spiro atoms. The Hall–Kier alpha value is -1.77. The topological polar surface area (TPSA) is 96.4 Å². The van der Waals surface area contributed by atoms with Gasteiger partial charge in [-0.05, 0) is 24.3 Å². The minimum atomic E-state index is -3.66. The van der Waals surface area contributed by atoms with Crippen molar-refractivity contribution in [3.8, 4) is 0 Å². The summed E-state index contributed by atoms with van der Waals surface area (Å²) in [6.07, 6.45) is 0. The Kier molecular flexibility index (Phi) is 3.93. The fourth-order valence-electron chi connectivity index (χ4n) is 1.35. The first kappa shape index (κ1) is 13.7. The van der Waals surface area contributed by atoms with Crippen molar-refractivity contribution in [3.05, 3.63) is 46.4 Å². The van der Waals surface area contributed by atoms with E-state index in [2.05, 4.69) is 9.71 Å². The number of aromatic nitrogens is 1. The van der Waals surface area contributed by atoms with Crippen molar-refractivity contribution >= 4 is 27.3 Å². The molecule has 0 aliphatic heterocycles.